The van der Waals surface area contributed by atoms with Crippen molar-refractivity contribution >= 4 is 58.0 Å². The Hall–Kier alpha value is -1.13. The van der Waals surface area contributed by atoms with Gasteiger partial charge in [-0.1, -0.05) is 52.5 Å². The van der Waals surface area contributed by atoms with Crippen LogP contribution >= 0.6 is 46.4 Å². The molecule has 0 unspecified atom stereocenters. The van der Waals surface area contributed by atoms with Crippen LogP contribution in [0.2, 0.25) is 20.1 Å². The molecule has 0 spiro atoms. The number of phenolic OH excluding ortho intramolecular Hbond substituents is 1. The topological polar surface area (TPSA) is 49.3 Å². The summed E-state index contributed by atoms with van der Waals surface area (Å²) in [5, 5.41) is 13.0. The van der Waals surface area contributed by atoms with Crippen molar-refractivity contribution in [2.24, 2.45) is 0 Å². The van der Waals surface area contributed by atoms with Crippen LogP contribution in [0.4, 0.5) is 5.69 Å². The van der Waals surface area contributed by atoms with E-state index in [1.54, 1.807) is 18.2 Å². The fraction of sp³-hybridized carbons (Fsp3) is 0.0714. The fourth-order valence-corrected chi connectivity index (χ4v) is 2.49. The van der Waals surface area contributed by atoms with Gasteiger partial charge in [0.05, 0.1) is 26.5 Å². The van der Waals surface area contributed by atoms with Crippen LogP contribution in [-0.2, 0) is 11.2 Å². The van der Waals surface area contributed by atoms with Crippen molar-refractivity contribution in [1.82, 2.24) is 0 Å². The number of phenols is 1. The van der Waals surface area contributed by atoms with Crippen LogP contribution < -0.4 is 5.32 Å². The summed E-state index contributed by atoms with van der Waals surface area (Å²) < 4.78 is 0. The maximum absolute atomic E-state index is 11.9. The van der Waals surface area contributed by atoms with Gasteiger partial charge in [0.2, 0.25) is 5.91 Å². The van der Waals surface area contributed by atoms with E-state index >= 15 is 0 Å². The number of hydrogen-bond donors (Lipinski definition) is 2. The van der Waals surface area contributed by atoms with E-state index < -0.39 is 0 Å². The van der Waals surface area contributed by atoms with Crippen molar-refractivity contribution in [3.05, 3.63) is 56.0 Å². The third kappa shape index (κ3) is 4.17. The van der Waals surface area contributed by atoms with E-state index in [0.29, 0.717) is 15.7 Å². The molecule has 0 saturated heterocycles. The van der Waals surface area contributed by atoms with Gasteiger partial charge in [-0.25, -0.2) is 0 Å². The summed E-state index contributed by atoms with van der Waals surface area (Å²) in [5.41, 5.74) is 1.12. The molecule has 21 heavy (non-hydrogen) atoms. The Morgan fingerprint density at radius 2 is 1.57 bits per heavy atom. The van der Waals surface area contributed by atoms with Gasteiger partial charge in [0, 0.05) is 5.69 Å². The van der Waals surface area contributed by atoms with Crippen LogP contribution in [0.25, 0.3) is 0 Å². The van der Waals surface area contributed by atoms with Crippen molar-refractivity contribution < 1.29 is 9.90 Å². The standard InChI is InChI=1S/C14H9Cl4NO2/c15-9-2-1-7(3-10(9)16)4-13(20)19-8-5-11(17)14(21)12(18)6-8/h1-3,5-6,21H,4H2,(H,19,20). The minimum Gasteiger partial charge on any atom is -0.505 e. The number of benzene rings is 2. The first-order valence-corrected chi connectivity index (χ1v) is 7.30. The van der Waals surface area contributed by atoms with E-state index in [2.05, 4.69) is 5.32 Å². The predicted octanol–water partition coefficient (Wildman–Crippen LogP) is 5.19. The van der Waals surface area contributed by atoms with E-state index in [0.717, 1.165) is 5.56 Å². The largest absolute Gasteiger partial charge is 0.505 e. The SMILES string of the molecule is O=C(Cc1ccc(Cl)c(Cl)c1)Nc1cc(Cl)c(O)c(Cl)c1. The van der Waals surface area contributed by atoms with E-state index in [1.165, 1.54) is 12.1 Å². The molecule has 0 atom stereocenters. The summed E-state index contributed by atoms with van der Waals surface area (Å²) in [7, 11) is 0. The average Bonchev–Trinajstić information content (AvgIpc) is 2.40. The molecule has 7 heteroatoms. The molecule has 1 amide bonds. The Morgan fingerprint density at radius 1 is 0.952 bits per heavy atom. The molecule has 0 aliphatic rings. The lowest BCUT2D eigenvalue weighted by atomic mass is 10.1. The normalized spacial score (nSPS) is 10.5. The first kappa shape index (κ1) is 16.2. The molecule has 2 rings (SSSR count). The quantitative estimate of drug-likeness (QED) is 0.736. The zero-order valence-corrected chi connectivity index (χ0v) is 13.5. The van der Waals surface area contributed by atoms with Crippen molar-refractivity contribution in [2.75, 3.05) is 5.32 Å². The second-order valence-corrected chi connectivity index (χ2v) is 5.89. The highest BCUT2D eigenvalue weighted by atomic mass is 35.5. The highest BCUT2D eigenvalue weighted by Gasteiger charge is 2.10. The van der Waals surface area contributed by atoms with Gasteiger partial charge in [0.1, 0.15) is 0 Å². The number of aromatic hydroxyl groups is 1. The zero-order valence-electron chi connectivity index (χ0n) is 10.5. The molecule has 3 nitrogen and oxygen atoms in total. The summed E-state index contributed by atoms with van der Waals surface area (Å²) in [4.78, 5) is 11.9. The van der Waals surface area contributed by atoms with E-state index in [1.807, 2.05) is 0 Å². The molecule has 0 aliphatic heterocycles. The third-order valence-electron chi connectivity index (χ3n) is 2.65. The lowest BCUT2D eigenvalue weighted by Crippen LogP contribution is -2.14. The number of amides is 1. The van der Waals surface area contributed by atoms with Gasteiger partial charge in [0.25, 0.3) is 0 Å². The van der Waals surface area contributed by atoms with Gasteiger partial charge in [-0.2, -0.15) is 0 Å². The molecule has 0 heterocycles. The molecule has 2 aromatic rings. The number of anilines is 1. The van der Waals surface area contributed by atoms with Crippen LogP contribution in [0.3, 0.4) is 0 Å². The minimum atomic E-state index is -0.272. The number of hydrogen-bond acceptors (Lipinski definition) is 2. The number of halogens is 4. The maximum atomic E-state index is 11.9. The number of nitrogens with one attached hydrogen (secondary N) is 1. The van der Waals surface area contributed by atoms with Gasteiger partial charge < -0.3 is 10.4 Å². The van der Waals surface area contributed by atoms with Gasteiger partial charge in [0.15, 0.2) is 5.75 Å². The van der Waals surface area contributed by atoms with Crippen molar-refractivity contribution in [3.8, 4) is 5.75 Å². The number of carbonyl (C=O) groups excluding carboxylic acids is 1. The Bertz CT molecular complexity index is 680. The van der Waals surface area contributed by atoms with Crippen LogP contribution in [0.5, 0.6) is 5.75 Å². The highest BCUT2D eigenvalue weighted by Crippen LogP contribution is 2.34. The van der Waals surface area contributed by atoms with Gasteiger partial charge >= 0.3 is 0 Å². The minimum absolute atomic E-state index is 0.0623. The average molecular weight is 365 g/mol. The summed E-state index contributed by atoms with van der Waals surface area (Å²) in [6.07, 6.45) is 0.118. The smallest absolute Gasteiger partial charge is 0.228 e. The van der Waals surface area contributed by atoms with Crippen molar-refractivity contribution in [3.63, 3.8) is 0 Å². The van der Waals surface area contributed by atoms with E-state index in [-0.39, 0.29) is 28.1 Å². The molecular formula is C14H9Cl4NO2. The molecule has 0 radical (unpaired) electrons. The van der Waals surface area contributed by atoms with E-state index in [4.69, 9.17) is 46.4 Å². The molecule has 2 N–H and O–H groups in total. The molecular weight excluding hydrogens is 356 g/mol. The predicted molar refractivity (Wildman–Crippen MR) is 86.9 cm³/mol. The lowest BCUT2D eigenvalue weighted by molar-refractivity contribution is -0.115. The maximum Gasteiger partial charge on any atom is 0.228 e. The molecule has 0 aromatic heterocycles. The van der Waals surface area contributed by atoms with Crippen LogP contribution in [0, 0.1) is 0 Å². The molecule has 0 fully saturated rings. The summed E-state index contributed by atoms with van der Waals surface area (Å²) >= 11 is 23.3. The summed E-state index contributed by atoms with van der Waals surface area (Å²) in [6, 6.07) is 7.79. The van der Waals surface area contributed by atoms with Crippen molar-refractivity contribution in [2.45, 2.75) is 6.42 Å². The van der Waals surface area contributed by atoms with Crippen LogP contribution in [0.1, 0.15) is 5.56 Å². The summed E-state index contributed by atoms with van der Waals surface area (Å²) in [6.45, 7) is 0. The van der Waals surface area contributed by atoms with Gasteiger partial charge in [-0.05, 0) is 29.8 Å². The monoisotopic (exact) mass is 363 g/mol. The van der Waals surface area contributed by atoms with Gasteiger partial charge in [-0.3, -0.25) is 4.79 Å². The summed E-state index contributed by atoms with van der Waals surface area (Å²) in [5.74, 6) is -0.493. The Labute approximate surface area is 141 Å². The Morgan fingerprint density at radius 3 is 2.14 bits per heavy atom. The van der Waals surface area contributed by atoms with E-state index in [9.17, 15) is 9.90 Å². The van der Waals surface area contributed by atoms with Crippen LogP contribution in [-0.4, -0.2) is 11.0 Å². The second-order valence-electron chi connectivity index (χ2n) is 4.26. The first-order chi connectivity index (χ1) is 9.86. The lowest BCUT2D eigenvalue weighted by Gasteiger charge is -2.08. The van der Waals surface area contributed by atoms with Gasteiger partial charge in [-0.15, -0.1) is 0 Å². The fourth-order valence-electron chi connectivity index (χ4n) is 1.68. The first-order valence-electron chi connectivity index (χ1n) is 5.78. The Balaban J connectivity index is 2.09. The zero-order chi connectivity index (χ0) is 15.6. The molecule has 0 bridgehead atoms. The second kappa shape index (κ2) is 6.75. The van der Waals surface area contributed by atoms with Crippen molar-refractivity contribution in [1.29, 1.82) is 0 Å². The highest BCUT2D eigenvalue weighted by molar-refractivity contribution is 6.42. The molecule has 0 aliphatic carbocycles. The molecule has 110 valence electrons. The Kier molecular flexibility index (Phi) is 5.22. The van der Waals surface area contributed by atoms with Crippen LogP contribution in [0.15, 0.2) is 30.3 Å². The molecule has 2 aromatic carbocycles. The molecule has 0 saturated carbocycles. The number of carbonyl (C=O) groups is 1. The third-order valence-corrected chi connectivity index (χ3v) is 3.96. The number of rotatable bonds is 3.